The number of ether oxygens (including phenoxy) is 4. The number of carbonyl (C=O) groups excluding carboxylic acids is 4. The van der Waals surface area contributed by atoms with Crippen molar-refractivity contribution in [2.24, 2.45) is 23.7 Å². The molecule has 6 unspecified atom stereocenters. The first-order valence-electron chi connectivity index (χ1n) is 32.8. The number of hydrogen-bond acceptors (Lipinski definition) is 15. The maximum Gasteiger partial charge on any atom is 0.472 e. The number of carbonyl (C=O) groups is 4. The van der Waals surface area contributed by atoms with E-state index in [9.17, 15) is 43.2 Å². The average molecular weight is 1210 g/mol. The van der Waals surface area contributed by atoms with E-state index >= 15 is 0 Å². The lowest BCUT2D eigenvalue weighted by Gasteiger charge is -2.21. The second kappa shape index (κ2) is 53.3. The van der Waals surface area contributed by atoms with Crippen LogP contribution in [0.3, 0.4) is 0 Å². The summed E-state index contributed by atoms with van der Waals surface area (Å²) < 4.78 is 67.9. The van der Waals surface area contributed by atoms with Gasteiger partial charge in [-0.25, -0.2) is 9.13 Å². The van der Waals surface area contributed by atoms with Gasteiger partial charge in [0.2, 0.25) is 0 Å². The van der Waals surface area contributed by atoms with Crippen LogP contribution in [0.1, 0.15) is 299 Å². The van der Waals surface area contributed by atoms with Crippen LogP contribution >= 0.6 is 15.6 Å². The third-order valence-corrected chi connectivity index (χ3v) is 17.3. The lowest BCUT2D eigenvalue weighted by atomic mass is 9.99. The monoisotopic (exact) mass is 1210 g/mol. The highest BCUT2D eigenvalue weighted by Gasteiger charge is 2.30. The van der Waals surface area contributed by atoms with E-state index in [1.54, 1.807) is 0 Å². The predicted molar refractivity (Wildman–Crippen MR) is 326 cm³/mol. The van der Waals surface area contributed by atoms with Crippen molar-refractivity contribution in [3.8, 4) is 0 Å². The first-order valence-corrected chi connectivity index (χ1v) is 35.8. The van der Waals surface area contributed by atoms with Crippen LogP contribution in [-0.4, -0.2) is 96.7 Å². The fourth-order valence-corrected chi connectivity index (χ4v) is 10.7. The fourth-order valence-electron chi connectivity index (χ4n) is 9.16. The Bertz CT molecular complexity index is 1650. The number of aliphatic hydroxyl groups is 1. The number of phosphoric acid groups is 2. The van der Waals surface area contributed by atoms with Crippen molar-refractivity contribution in [2.45, 2.75) is 318 Å². The van der Waals surface area contributed by atoms with E-state index in [1.165, 1.54) is 96.3 Å². The highest BCUT2D eigenvalue weighted by molar-refractivity contribution is 7.47. The maximum atomic E-state index is 13.0. The van der Waals surface area contributed by atoms with E-state index in [0.717, 1.165) is 114 Å². The minimum Gasteiger partial charge on any atom is -0.462 e. The summed E-state index contributed by atoms with van der Waals surface area (Å²) in [6, 6.07) is 0. The molecule has 0 radical (unpaired) electrons. The Morgan fingerprint density at radius 2 is 0.585 bits per heavy atom. The Morgan fingerprint density at radius 1 is 0.341 bits per heavy atom. The van der Waals surface area contributed by atoms with E-state index in [1.807, 2.05) is 0 Å². The Labute approximate surface area is 498 Å². The first kappa shape index (κ1) is 80.1. The standard InChI is InChI=1S/C63H122O17P2/c1-9-54(6)40-32-24-16-12-13-17-27-35-43-60(65)73-49-58(79-62(67)45-37-29-21-19-25-33-41-55(7)10-2)51-77-81(69,70)75-47-57(64)48-76-82(71,72)78-52-59(80-63(68)46-38-30-22-20-26-34-42-56(8)11-3)50-74-61(66)44-36-28-18-14-15-23-31-39-53(4)5/h53-59,64H,9-52H2,1-8H3,(H,69,70)(H,71,72)/t54?,55?,56?,57?,58-,59-/m1/s1. The van der Waals surface area contributed by atoms with Crippen LogP contribution in [0.4, 0.5) is 0 Å². The third kappa shape index (κ3) is 53.5. The van der Waals surface area contributed by atoms with Crippen molar-refractivity contribution in [3.05, 3.63) is 0 Å². The van der Waals surface area contributed by atoms with Crippen molar-refractivity contribution in [2.75, 3.05) is 39.6 Å². The highest BCUT2D eigenvalue weighted by Crippen LogP contribution is 2.45. The molecule has 3 N–H and O–H groups in total. The van der Waals surface area contributed by atoms with Crippen LogP contribution in [0, 0.1) is 23.7 Å². The number of esters is 4. The molecule has 17 nitrogen and oxygen atoms in total. The summed E-state index contributed by atoms with van der Waals surface area (Å²) in [6.45, 7) is 13.9. The Balaban J connectivity index is 5.26. The summed E-state index contributed by atoms with van der Waals surface area (Å²) in [7, 11) is -9.89. The van der Waals surface area contributed by atoms with E-state index < -0.39 is 97.5 Å². The van der Waals surface area contributed by atoms with Crippen LogP contribution in [0.15, 0.2) is 0 Å². The van der Waals surface area contributed by atoms with Gasteiger partial charge in [-0.2, -0.15) is 0 Å². The second-order valence-electron chi connectivity index (χ2n) is 24.0. The number of unbranched alkanes of at least 4 members (excludes halogenated alkanes) is 23. The lowest BCUT2D eigenvalue weighted by molar-refractivity contribution is -0.161. The fraction of sp³-hybridized carbons (Fsp3) is 0.937. The molecule has 0 amide bonds. The van der Waals surface area contributed by atoms with E-state index in [2.05, 4.69) is 55.4 Å². The largest absolute Gasteiger partial charge is 0.472 e. The molecular weight excluding hydrogens is 1090 g/mol. The molecule has 486 valence electrons. The summed E-state index contributed by atoms with van der Waals surface area (Å²) >= 11 is 0. The molecule has 0 heterocycles. The Kier molecular flexibility index (Phi) is 52.0. The zero-order chi connectivity index (χ0) is 61.1. The lowest BCUT2D eigenvalue weighted by Crippen LogP contribution is -2.30. The van der Waals surface area contributed by atoms with Gasteiger partial charge in [-0.1, -0.05) is 248 Å². The molecule has 0 saturated heterocycles. The van der Waals surface area contributed by atoms with Crippen molar-refractivity contribution < 1.29 is 80.2 Å². The van der Waals surface area contributed by atoms with Crippen LogP contribution in [0.25, 0.3) is 0 Å². The average Bonchev–Trinajstić information content (AvgIpc) is 3.44. The van der Waals surface area contributed by atoms with Crippen molar-refractivity contribution in [1.29, 1.82) is 0 Å². The Hall–Kier alpha value is -1.94. The molecule has 0 aliphatic rings. The molecular formula is C63H122O17P2. The van der Waals surface area contributed by atoms with Crippen LogP contribution in [0.5, 0.6) is 0 Å². The molecule has 0 rings (SSSR count). The van der Waals surface area contributed by atoms with Gasteiger partial charge in [0.05, 0.1) is 26.4 Å². The number of hydrogen-bond donors (Lipinski definition) is 3. The Morgan fingerprint density at radius 3 is 0.866 bits per heavy atom. The van der Waals surface area contributed by atoms with E-state index in [0.29, 0.717) is 31.6 Å². The number of aliphatic hydroxyl groups excluding tert-OH is 1. The molecule has 0 spiro atoms. The van der Waals surface area contributed by atoms with Crippen LogP contribution in [0.2, 0.25) is 0 Å². The molecule has 0 fully saturated rings. The second-order valence-corrected chi connectivity index (χ2v) is 26.9. The van der Waals surface area contributed by atoms with Gasteiger partial charge in [-0.3, -0.25) is 37.3 Å². The molecule has 0 aromatic rings. The summed E-state index contributed by atoms with van der Waals surface area (Å²) in [5.41, 5.74) is 0. The third-order valence-electron chi connectivity index (χ3n) is 15.4. The summed E-state index contributed by atoms with van der Waals surface area (Å²) in [5, 5.41) is 10.5. The van der Waals surface area contributed by atoms with Gasteiger partial charge in [-0.15, -0.1) is 0 Å². The summed E-state index contributed by atoms with van der Waals surface area (Å²) in [6.07, 6.45) is 32.2. The highest BCUT2D eigenvalue weighted by atomic mass is 31.2. The van der Waals surface area contributed by atoms with Gasteiger partial charge in [0, 0.05) is 25.7 Å². The predicted octanol–water partition coefficient (Wildman–Crippen LogP) is 17.0. The van der Waals surface area contributed by atoms with Gasteiger partial charge in [-0.05, 0) is 49.4 Å². The zero-order valence-corrected chi connectivity index (χ0v) is 54.9. The first-order chi connectivity index (χ1) is 39.2. The molecule has 82 heavy (non-hydrogen) atoms. The van der Waals surface area contributed by atoms with Gasteiger partial charge < -0.3 is 33.8 Å². The van der Waals surface area contributed by atoms with Gasteiger partial charge in [0.15, 0.2) is 12.2 Å². The van der Waals surface area contributed by atoms with Crippen molar-refractivity contribution in [3.63, 3.8) is 0 Å². The zero-order valence-electron chi connectivity index (χ0n) is 53.1. The van der Waals surface area contributed by atoms with Crippen LogP contribution in [-0.2, 0) is 65.4 Å². The van der Waals surface area contributed by atoms with Crippen LogP contribution < -0.4 is 0 Å². The molecule has 0 bridgehead atoms. The van der Waals surface area contributed by atoms with Gasteiger partial charge >= 0.3 is 39.5 Å². The summed E-state index contributed by atoms with van der Waals surface area (Å²) in [5.74, 6) is 0.777. The normalized spacial score (nSPS) is 15.5. The van der Waals surface area contributed by atoms with E-state index in [4.69, 9.17) is 37.0 Å². The van der Waals surface area contributed by atoms with Crippen molar-refractivity contribution in [1.82, 2.24) is 0 Å². The topological polar surface area (TPSA) is 237 Å². The minimum atomic E-state index is -4.94. The SMILES string of the molecule is CCC(C)CCCCCCCCCCC(=O)OC[C@H](COP(=O)(O)OCC(O)COP(=O)(O)OC[C@@H](COC(=O)CCCCCCCCCC(C)C)OC(=O)CCCCCCCCC(C)CC)OC(=O)CCCCCCCCC(C)CC. The quantitative estimate of drug-likeness (QED) is 0.0222. The van der Waals surface area contributed by atoms with Gasteiger partial charge in [0.1, 0.15) is 19.3 Å². The molecule has 0 aromatic heterocycles. The molecule has 0 aliphatic heterocycles. The summed E-state index contributed by atoms with van der Waals surface area (Å²) in [4.78, 5) is 72.1. The number of phosphoric ester groups is 2. The molecule has 0 aromatic carbocycles. The smallest absolute Gasteiger partial charge is 0.462 e. The van der Waals surface area contributed by atoms with E-state index in [-0.39, 0.29) is 25.7 Å². The molecule has 0 saturated carbocycles. The number of rotatable bonds is 60. The van der Waals surface area contributed by atoms with Gasteiger partial charge in [0.25, 0.3) is 0 Å². The molecule has 8 atom stereocenters. The van der Waals surface area contributed by atoms with Crippen molar-refractivity contribution >= 4 is 39.5 Å². The molecule has 0 aliphatic carbocycles. The maximum absolute atomic E-state index is 13.0. The minimum absolute atomic E-state index is 0.101. The molecule has 19 heteroatoms.